The van der Waals surface area contributed by atoms with Crippen LogP contribution in [-0.2, 0) is 10.2 Å². The fraction of sp³-hybridized carbons (Fsp3) is 0.593. The maximum atomic E-state index is 14.5. The van der Waals surface area contributed by atoms with Crippen molar-refractivity contribution in [1.82, 2.24) is 10.3 Å². The maximum absolute atomic E-state index is 14.5. The lowest BCUT2D eigenvalue weighted by atomic mass is 9.75. The van der Waals surface area contributed by atoms with Crippen LogP contribution in [0.4, 0.5) is 23.2 Å². The van der Waals surface area contributed by atoms with Gasteiger partial charge in [-0.25, -0.2) is 9.37 Å². The first kappa shape index (κ1) is 29.1. The number of amides is 1. The van der Waals surface area contributed by atoms with E-state index in [0.29, 0.717) is 29.2 Å². The van der Waals surface area contributed by atoms with E-state index in [0.717, 1.165) is 17.0 Å². The van der Waals surface area contributed by atoms with Crippen molar-refractivity contribution in [1.29, 1.82) is 5.26 Å². The highest BCUT2D eigenvalue weighted by Gasteiger charge is 2.66. The molecular formula is C27H32F4N4O3S2. The number of anilines is 1. The predicted octanol–water partition coefficient (Wildman–Crippen LogP) is 6.22. The van der Waals surface area contributed by atoms with Crippen molar-refractivity contribution in [2.45, 2.75) is 68.8 Å². The molecule has 2 aromatic rings. The van der Waals surface area contributed by atoms with Gasteiger partial charge in [0.1, 0.15) is 22.6 Å². The molecule has 3 aliphatic rings. The van der Waals surface area contributed by atoms with Crippen molar-refractivity contribution in [2.24, 2.45) is 5.92 Å². The van der Waals surface area contributed by atoms with Crippen molar-refractivity contribution in [3.8, 4) is 16.5 Å². The summed E-state index contributed by atoms with van der Waals surface area (Å²) in [6.45, 7) is 2.48. The van der Waals surface area contributed by atoms with Gasteiger partial charge in [-0.3, -0.25) is 13.9 Å². The molecule has 0 bridgehead atoms. The number of thiazole rings is 1. The molecule has 218 valence electrons. The van der Waals surface area contributed by atoms with Crippen molar-refractivity contribution in [2.75, 3.05) is 29.5 Å². The van der Waals surface area contributed by atoms with Crippen molar-refractivity contribution in [3.63, 3.8) is 0 Å². The van der Waals surface area contributed by atoms with E-state index in [-0.39, 0.29) is 48.6 Å². The summed E-state index contributed by atoms with van der Waals surface area (Å²) in [6.07, 6.45) is -5.42. The van der Waals surface area contributed by atoms with Crippen LogP contribution in [0, 0.1) is 17.2 Å². The van der Waals surface area contributed by atoms with E-state index in [4.69, 9.17) is 5.26 Å². The molecule has 3 N–H and O–H groups in total. The fourth-order valence-electron chi connectivity index (χ4n) is 5.64. The first-order chi connectivity index (χ1) is 18.8. The Kier molecular flexibility index (Phi) is 7.84. The Labute approximate surface area is 235 Å². The van der Waals surface area contributed by atoms with Crippen molar-refractivity contribution < 1.29 is 31.5 Å². The number of halogens is 4. The van der Waals surface area contributed by atoms with Crippen LogP contribution in [0.2, 0.25) is 0 Å². The number of carbonyl (C=O) groups excluding carboxylic acids is 1. The number of alkyl halides is 4. The molecule has 4 atom stereocenters. The van der Waals surface area contributed by atoms with Gasteiger partial charge in [0.05, 0.1) is 28.1 Å². The molecule has 1 aromatic heterocycles. The van der Waals surface area contributed by atoms with Gasteiger partial charge in [-0.2, -0.15) is 29.0 Å². The molecule has 1 aromatic carbocycles. The second-order valence-corrected chi connectivity index (χ2v) is 14.5. The summed E-state index contributed by atoms with van der Waals surface area (Å²) in [7, 11) is -2.55. The highest BCUT2D eigenvalue weighted by molar-refractivity contribution is 8.24. The minimum Gasteiger partial charge on any atom is -0.368 e. The van der Waals surface area contributed by atoms with Crippen LogP contribution in [0.25, 0.3) is 10.4 Å². The molecule has 2 saturated carbocycles. The molecule has 0 spiro atoms. The summed E-state index contributed by atoms with van der Waals surface area (Å²) in [5.41, 5.74) is -0.0910. The smallest absolute Gasteiger partial charge is 0.368 e. The number of nitrogens with one attached hydrogen (secondary N) is 1. The van der Waals surface area contributed by atoms with Gasteiger partial charge in [0.2, 0.25) is 5.91 Å². The van der Waals surface area contributed by atoms with Crippen LogP contribution in [0.3, 0.4) is 0 Å². The average molecular weight is 601 g/mol. The highest BCUT2D eigenvalue weighted by Crippen LogP contribution is 2.61. The van der Waals surface area contributed by atoms with Crippen molar-refractivity contribution >= 4 is 33.5 Å². The zero-order chi connectivity index (χ0) is 28.9. The van der Waals surface area contributed by atoms with Crippen LogP contribution in [0.5, 0.6) is 0 Å². The Bertz CT molecular complexity index is 1280. The number of nitrogens with zero attached hydrogens (tertiary/aromatic N) is 3. The average Bonchev–Trinajstić information content (AvgIpc) is 3.62. The summed E-state index contributed by atoms with van der Waals surface area (Å²) in [5, 5.41) is 11.7. The van der Waals surface area contributed by atoms with Gasteiger partial charge < -0.3 is 10.2 Å². The van der Waals surface area contributed by atoms with Crippen LogP contribution in [-0.4, -0.2) is 63.0 Å². The summed E-state index contributed by atoms with van der Waals surface area (Å²) >= 11 is 0.991. The molecule has 7 nitrogen and oxygen atoms in total. The molecule has 3 fully saturated rings. The number of nitriles is 1. The molecule has 2 heterocycles. The number of rotatable bonds is 6. The monoisotopic (exact) mass is 600 g/mol. The van der Waals surface area contributed by atoms with Gasteiger partial charge in [-0.15, -0.1) is 11.3 Å². The Balaban J connectivity index is 1.51. The lowest BCUT2D eigenvalue weighted by Gasteiger charge is -2.41. The maximum Gasteiger partial charge on any atom is 0.400 e. The Morgan fingerprint density at radius 3 is 2.45 bits per heavy atom. The zero-order valence-corrected chi connectivity index (χ0v) is 23.6. The number of aromatic nitrogens is 1. The van der Waals surface area contributed by atoms with E-state index in [1.165, 1.54) is 6.92 Å². The third-order valence-electron chi connectivity index (χ3n) is 8.25. The molecule has 0 radical (unpaired) electrons. The Morgan fingerprint density at radius 2 is 1.88 bits per heavy atom. The predicted molar refractivity (Wildman–Crippen MR) is 148 cm³/mol. The van der Waals surface area contributed by atoms with Gasteiger partial charge in [0, 0.05) is 30.6 Å². The number of carbonyl (C=O) groups is 1. The normalized spacial score (nSPS) is 27.4. The minimum absolute atomic E-state index is 0.0257. The molecule has 40 heavy (non-hydrogen) atoms. The fourth-order valence-corrected chi connectivity index (χ4v) is 8.27. The van der Waals surface area contributed by atoms with Gasteiger partial charge >= 0.3 is 6.18 Å². The second kappa shape index (κ2) is 10.8. The van der Waals surface area contributed by atoms with E-state index in [9.17, 15) is 31.5 Å². The minimum atomic E-state index is -4.45. The van der Waals surface area contributed by atoms with Crippen LogP contribution in [0.1, 0.15) is 55.6 Å². The third-order valence-corrected chi connectivity index (χ3v) is 11.3. The van der Waals surface area contributed by atoms with Gasteiger partial charge in [0.15, 0.2) is 0 Å². The number of benzene rings is 1. The topological polar surface area (TPSA) is 109 Å². The number of hydrogen-bond donors (Lipinski definition) is 3. The van der Waals surface area contributed by atoms with E-state index in [1.807, 2.05) is 35.2 Å². The van der Waals surface area contributed by atoms with Crippen LogP contribution < -0.4 is 10.2 Å². The standard InChI is InChI=1S/C27H32F4N4O3S2/c1-16(15-32)33-24(36)21-14-18(28)4-7-20(21)22-23(39-25(34-22)26(8-9-26)27(29,30)31)17-2-5-19(6-3-17)35-10-12-40(37,38)13-11-35/h2-3,5-6,16,18,20-21,37-38H,4,7-14H2,1H3,(H,33,36)/t16-,18-,20+,21+/m0/s1. The van der Waals surface area contributed by atoms with Crippen LogP contribution in [0.15, 0.2) is 24.3 Å². The quantitative estimate of drug-likeness (QED) is 0.340. The highest BCUT2D eigenvalue weighted by atomic mass is 32.3. The number of hydrogen-bond acceptors (Lipinski definition) is 7. The SMILES string of the molecule is C[C@@H](C#N)NC(=O)[C@@H]1C[C@@H](F)CC[C@H]1c1nc(C2(C(F)(F)F)CC2)sc1-c1ccc(N2CCS(O)(O)CC2)cc1. The van der Waals surface area contributed by atoms with Crippen LogP contribution >= 0.6 is 21.9 Å². The summed E-state index contributed by atoms with van der Waals surface area (Å²) < 4.78 is 76.6. The van der Waals surface area contributed by atoms with E-state index in [1.54, 1.807) is 0 Å². The molecule has 1 amide bonds. The van der Waals surface area contributed by atoms with E-state index >= 15 is 0 Å². The van der Waals surface area contributed by atoms with Gasteiger partial charge in [-0.05, 0) is 56.7 Å². The largest absolute Gasteiger partial charge is 0.400 e. The van der Waals surface area contributed by atoms with Crippen molar-refractivity contribution in [3.05, 3.63) is 35.0 Å². The Hall–Kier alpha value is -2.40. The lowest BCUT2D eigenvalue weighted by molar-refractivity contribution is -0.160. The molecule has 1 aliphatic heterocycles. The van der Waals surface area contributed by atoms with Gasteiger partial charge in [-0.1, -0.05) is 12.1 Å². The van der Waals surface area contributed by atoms with E-state index < -0.39 is 52.1 Å². The Morgan fingerprint density at radius 1 is 1.23 bits per heavy atom. The summed E-state index contributed by atoms with van der Waals surface area (Å²) in [6, 6.07) is 8.46. The first-order valence-electron chi connectivity index (χ1n) is 13.3. The molecule has 2 aliphatic carbocycles. The molecule has 5 rings (SSSR count). The third kappa shape index (κ3) is 5.68. The van der Waals surface area contributed by atoms with Gasteiger partial charge in [0.25, 0.3) is 0 Å². The first-order valence-corrected chi connectivity index (χ1v) is 16.0. The summed E-state index contributed by atoms with van der Waals surface area (Å²) in [4.78, 5) is 20.2. The zero-order valence-electron chi connectivity index (χ0n) is 22.0. The molecular weight excluding hydrogens is 568 g/mol. The van der Waals surface area contributed by atoms with E-state index in [2.05, 4.69) is 10.3 Å². The lowest BCUT2D eigenvalue weighted by Crippen LogP contribution is -2.42. The molecule has 13 heteroatoms. The second-order valence-electron chi connectivity index (χ2n) is 11.0. The molecule has 0 unspecified atom stereocenters. The molecule has 1 saturated heterocycles. The summed E-state index contributed by atoms with van der Waals surface area (Å²) in [5.74, 6) is -1.38.